The molecule has 0 aliphatic heterocycles. The highest BCUT2D eigenvalue weighted by atomic mass is 35.5. The zero-order valence-corrected chi connectivity index (χ0v) is 11.8. The largest absolute Gasteiger partial charge is 0.368 e. The molecule has 3 N–H and O–H groups in total. The van der Waals surface area contributed by atoms with Crippen molar-refractivity contribution < 1.29 is 0 Å². The number of halogens is 1. The van der Waals surface area contributed by atoms with Crippen LogP contribution < -0.4 is 11.1 Å². The quantitative estimate of drug-likeness (QED) is 0.774. The van der Waals surface area contributed by atoms with E-state index in [-0.39, 0.29) is 0 Å². The van der Waals surface area contributed by atoms with Crippen LogP contribution in [-0.2, 0) is 6.54 Å². The molecular formula is C14H13ClN6. The molecule has 106 valence electrons. The summed E-state index contributed by atoms with van der Waals surface area (Å²) in [6, 6.07) is 13.1. The molecule has 2 aromatic heterocycles. The van der Waals surface area contributed by atoms with Gasteiger partial charge in [0.05, 0.1) is 6.54 Å². The normalized spacial score (nSPS) is 10.5. The van der Waals surface area contributed by atoms with Crippen molar-refractivity contribution in [1.82, 2.24) is 19.7 Å². The van der Waals surface area contributed by atoms with Crippen LogP contribution in [-0.4, -0.2) is 19.7 Å². The van der Waals surface area contributed by atoms with Gasteiger partial charge in [-0.3, -0.25) is 0 Å². The third kappa shape index (κ3) is 3.29. The first-order valence-corrected chi connectivity index (χ1v) is 6.71. The minimum Gasteiger partial charge on any atom is -0.368 e. The first-order chi connectivity index (χ1) is 10.2. The highest BCUT2D eigenvalue weighted by molar-refractivity contribution is 6.30. The minimum atomic E-state index is 0.336. The van der Waals surface area contributed by atoms with E-state index in [1.165, 1.54) is 0 Å². The maximum atomic E-state index is 5.88. The second-order valence-corrected chi connectivity index (χ2v) is 4.85. The monoisotopic (exact) mass is 300 g/mol. The van der Waals surface area contributed by atoms with Crippen LogP contribution in [0.1, 0.15) is 5.56 Å². The number of anilines is 3. The van der Waals surface area contributed by atoms with Gasteiger partial charge in [0.1, 0.15) is 5.82 Å². The van der Waals surface area contributed by atoms with E-state index in [1.807, 2.05) is 42.5 Å². The second-order valence-electron chi connectivity index (χ2n) is 4.42. The van der Waals surface area contributed by atoms with Crippen molar-refractivity contribution >= 4 is 29.3 Å². The van der Waals surface area contributed by atoms with Crippen LogP contribution in [0.15, 0.2) is 48.7 Å². The molecule has 3 rings (SSSR count). The fourth-order valence-corrected chi connectivity index (χ4v) is 1.96. The van der Waals surface area contributed by atoms with Gasteiger partial charge in [0, 0.05) is 11.2 Å². The maximum absolute atomic E-state index is 5.88. The Balaban J connectivity index is 1.76. The molecule has 0 bridgehead atoms. The number of nitrogen functional groups attached to an aromatic ring is 1. The van der Waals surface area contributed by atoms with Gasteiger partial charge >= 0.3 is 0 Å². The molecule has 0 fully saturated rings. The fourth-order valence-electron chi connectivity index (χ4n) is 1.84. The number of rotatable bonds is 4. The number of pyridine rings is 1. The molecule has 0 spiro atoms. The van der Waals surface area contributed by atoms with Gasteiger partial charge in [0.25, 0.3) is 0 Å². The number of hydrogen-bond acceptors (Lipinski definition) is 5. The molecule has 0 atom stereocenters. The minimum absolute atomic E-state index is 0.336. The Morgan fingerprint density at radius 3 is 2.67 bits per heavy atom. The molecule has 0 radical (unpaired) electrons. The van der Waals surface area contributed by atoms with E-state index in [9.17, 15) is 0 Å². The van der Waals surface area contributed by atoms with E-state index in [0.717, 1.165) is 5.56 Å². The SMILES string of the molecule is Nc1nc(Nc2ccccn2)nn1Cc1ccc(Cl)cc1. The van der Waals surface area contributed by atoms with E-state index in [4.69, 9.17) is 17.3 Å². The van der Waals surface area contributed by atoms with Gasteiger partial charge in [-0.05, 0) is 29.8 Å². The Bertz CT molecular complexity index is 723. The summed E-state index contributed by atoms with van der Waals surface area (Å²) >= 11 is 5.86. The molecule has 0 saturated heterocycles. The van der Waals surface area contributed by atoms with Crippen molar-refractivity contribution in [2.75, 3.05) is 11.1 Å². The van der Waals surface area contributed by atoms with Crippen molar-refractivity contribution in [2.24, 2.45) is 0 Å². The van der Waals surface area contributed by atoms with Gasteiger partial charge in [-0.2, -0.15) is 4.98 Å². The van der Waals surface area contributed by atoms with Gasteiger partial charge in [0.15, 0.2) is 0 Å². The van der Waals surface area contributed by atoms with Crippen LogP contribution in [0.25, 0.3) is 0 Å². The number of aromatic nitrogens is 4. The summed E-state index contributed by atoms with van der Waals surface area (Å²) in [6.07, 6.45) is 1.69. The predicted octanol–water partition coefficient (Wildman–Crippen LogP) is 2.70. The van der Waals surface area contributed by atoms with Crippen molar-refractivity contribution in [3.05, 3.63) is 59.2 Å². The first-order valence-electron chi connectivity index (χ1n) is 6.33. The predicted molar refractivity (Wildman–Crippen MR) is 82.5 cm³/mol. The summed E-state index contributed by atoms with van der Waals surface area (Å²) in [7, 11) is 0. The Morgan fingerprint density at radius 2 is 1.95 bits per heavy atom. The number of nitrogens with two attached hydrogens (primary N) is 1. The van der Waals surface area contributed by atoms with Crippen LogP contribution >= 0.6 is 11.6 Å². The van der Waals surface area contributed by atoms with E-state index >= 15 is 0 Å². The molecule has 0 aliphatic carbocycles. The van der Waals surface area contributed by atoms with Gasteiger partial charge in [-0.1, -0.05) is 29.8 Å². The fraction of sp³-hybridized carbons (Fsp3) is 0.0714. The molecular weight excluding hydrogens is 288 g/mol. The highest BCUT2D eigenvalue weighted by Gasteiger charge is 2.08. The van der Waals surface area contributed by atoms with E-state index in [2.05, 4.69) is 20.4 Å². The summed E-state index contributed by atoms with van der Waals surface area (Å²) in [5, 5.41) is 8.02. The van der Waals surface area contributed by atoms with Gasteiger partial charge in [-0.15, -0.1) is 5.10 Å². The summed E-state index contributed by atoms with van der Waals surface area (Å²) in [6.45, 7) is 0.528. The molecule has 0 aliphatic rings. The summed E-state index contributed by atoms with van der Waals surface area (Å²) < 4.78 is 1.62. The Hall–Kier alpha value is -2.60. The molecule has 6 nitrogen and oxygen atoms in total. The first kappa shape index (κ1) is 13.4. The molecule has 21 heavy (non-hydrogen) atoms. The van der Waals surface area contributed by atoms with Crippen molar-refractivity contribution in [3.8, 4) is 0 Å². The average molecular weight is 301 g/mol. The third-order valence-electron chi connectivity index (χ3n) is 2.85. The number of nitrogens with zero attached hydrogens (tertiary/aromatic N) is 4. The van der Waals surface area contributed by atoms with Gasteiger partial charge < -0.3 is 11.1 Å². The smallest absolute Gasteiger partial charge is 0.249 e. The van der Waals surface area contributed by atoms with E-state index in [1.54, 1.807) is 10.9 Å². The zero-order chi connectivity index (χ0) is 14.7. The van der Waals surface area contributed by atoms with Gasteiger partial charge in [-0.25, -0.2) is 9.67 Å². The molecule has 2 heterocycles. The lowest BCUT2D eigenvalue weighted by Gasteiger charge is -2.03. The Labute approximate surface area is 126 Å². The van der Waals surface area contributed by atoms with Gasteiger partial charge in [0.2, 0.25) is 11.9 Å². The Morgan fingerprint density at radius 1 is 1.14 bits per heavy atom. The number of nitrogens with one attached hydrogen (secondary N) is 1. The van der Waals surface area contributed by atoms with Crippen LogP contribution in [0.4, 0.5) is 17.7 Å². The third-order valence-corrected chi connectivity index (χ3v) is 3.10. The molecule has 1 aromatic carbocycles. The zero-order valence-electron chi connectivity index (χ0n) is 11.1. The second kappa shape index (κ2) is 5.80. The number of hydrogen-bond donors (Lipinski definition) is 2. The average Bonchev–Trinajstić information content (AvgIpc) is 2.82. The van der Waals surface area contributed by atoms with Crippen LogP contribution in [0.3, 0.4) is 0 Å². The maximum Gasteiger partial charge on any atom is 0.249 e. The van der Waals surface area contributed by atoms with E-state index in [0.29, 0.717) is 29.3 Å². The Kier molecular flexibility index (Phi) is 3.70. The van der Waals surface area contributed by atoms with Crippen molar-refractivity contribution in [1.29, 1.82) is 0 Å². The molecule has 3 aromatic rings. The topological polar surface area (TPSA) is 81.7 Å². The highest BCUT2D eigenvalue weighted by Crippen LogP contribution is 2.14. The van der Waals surface area contributed by atoms with Crippen LogP contribution in [0, 0.1) is 0 Å². The summed E-state index contributed by atoms with van der Waals surface area (Å²) in [5.74, 6) is 1.42. The van der Waals surface area contributed by atoms with Crippen molar-refractivity contribution in [2.45, 2.75) is 6.54 Å². The lowest BCUT2D eigenvalue weighted by Crippen LogP contribution is -2.06. The molecule has 0 unspecified atom stereocenters. The molecule has 7 heteroatoms. The van der Waals surface area contributed by atoms with Crippen LogP contribution in [0.2, 0.25) is 5.02 Å². The standard InChI is InChI=1S/C14H13ClN6/c15-11-6-4-10(5-7-11)9-21-13(16)19-14(20-21)18-12-3-1-2-8-17-12/h1-8H,9H2,(H3,16,17,18,19,20). The summed E-state index contributed by atoms with van der Waals surface area (Å²) in [4.78, 5) is 8.32. The number of benzene rings is 1. The van der Waals surface area contributed by atoms with Crippen molar-refractivity contribution in [3.63, 3.8) is 0 Å². The lowest BCUT2D eigenvalue weighted by molar-refractivity contribution is 0.698. The lowest BCUT2D eigenvalue weighted by atomic mass is 10.2. The van der Waals surface area contributed by atoms with Crippen LogP contribution in [0.5, 0.6) is 0 Å². The van der Waals surface area contributed by atoms with E-state index < -0.39 is 0 Å². The molecule has 0 amide bonds. The summed E-state index contributed by atoms with van der Waals surface area (Å²) in [5.41, 5.74) is 6.92. The molecule has 0 saturated carbocycles.